The van der Waals surface area contributed by atoms with E-state index in [9.17, 15) is 4.79 Å². The Balaban J connectivity index is 2.10. The molecule has 0 atom stereocenters. The SMILES string of the molecule is CCCCNC(=O)CN(C)CC1CCNCC1. The number of hydrogen-bond donors (Lipinski definition) is 2. The van der Waals surface area contributed by atoms with Crippen LogP contribution >= 0.6 is 0 Å². The zero-order valence-corrected chi connectivity index (χ0v) is 11.3. The summed E-state index contributed by atoms with van der Waals surface area (Å²) in [6.07, 6.45) is 4.68. The van der Waals surface area contributed by atoms with Crippen molar-refractivity contribution < 1.29 is 4.79 Å². The standard InChI is InChI=1S/C13H27N3O/c1-3-4-7-15-13(17)11-16(2)10-12-5-8-14-9-6-12/h12,14H,3-11H2,1-2H3,(H,15,17). The molecule has 2 N–H and O–H groups in total. The first-order valence-corrected chi connectivity index (χ1v) is 6.88. The topological polar surface area (TPSA) is 44.4 Å². The molecule has 0 aliphatic carbocycles. The van der Waals surface area contributed by atoms with E-state index in [1.165, 1.54) is 12.8 Å². The van der Waals surface area contributed by atoms with Crippen molar-refractivity contribution in [3.63, 3.8) is 0 Å². The molecule has 4 heteroatoms. The minimum absolute atomic E-state index is 0.162. The number of nitrogens with one attached hydrogen (secondary N) is 2. The summed E-state index contributed by atoms with van der Waals surface area (Å²) in [6.45, 7) is 6.78. The van der Waals surface area contributed by atoms with E-state index in [1.807, 2.05) is 7.05 Å². The Morgan fingerprint density at radius 1 is 1.41 bits per heavy atom. The van der Waals surface area contributed by atoms with Gasteiger partial charge in [0.25, 0.3) is 0 Å². The van der Waals surface area contributed by atoms with Gasteiger partial charge in [0.15, 0.2) is 0 Å². The molecule has 0 unspecified atom stereocenters. The van der Waals surface area contributed by atoms with Crippen LogP contribution in [0.15, 0.2) is 0 Å². The first-order valence-electron chi connectivity index (χ1n) is 6.88. The van der Waals surface area contributed by atoms with Crippen molar-refractivity contribution in [3.8, 4) is 0 Å². The average Bonchev–Trinajstić information content (AvgIpc) is 2.30. The molecule has 1 saturated heterocycles. The van der Waals surface area contributed by atoms with Crippen LogP contribution in [0.1, 0.15) is 32.6 Å². The molecule has 1 rings (SSSR count). The van der Waals surface area contributed by atoms with Gasteiger partial charge < -0.3 is 10.6 Å². The summed E-state index contributed by atoms with van der Waals surface area (Å²) < 4.78 is 0. The number of unbranched alkanes of at least 4 members (excludes halogenated alkanes) is 1. The van der Waals surface area contributed by atoms with Crippen LogP contribution in [0.5, 0.6) is 0 Å². The van der Waals surface area contributed by atoms with Crippen molar-refractivity contribution in [1.29, 1.82) is 0 Å². The fourth-order valence-corrected chi connectivity index (χ4v) is 2.28. The van der Waals surface area contributed by atoms with Gasteiger partial charge in [-0.2, -0.15) is 0 Å². The normalized spacial score (nSPS) is 17.4. The number of carbonyl (C=O) groups is 1. The Bertz CT molecular complexity index is 215. The van der Waals surface area contributed by atoms with Gasteiger partial charge in [-0.25, -0.2) is 0 Å². The third kappa shape index (κ3) is 6.64. The molecule has 4 nitrogen and oxygen atoms in total. The number of piperidine rings is 1. The lowest BCUT2D eigenvalue weighted by Crippen LogP contribution is -2.40. The molecule has 0 saturated carbocycles. The van der Waals surface area contributed by atoms with Crippen LogP contribution in [0.4, 0.5) is 0 Å². The Morgan fingerprint density at radius 2 is 2.12 bits per heavy atom. The smallest absolute Gasteiger partial charge is 0.234 e. The summed E-state index contributed by atoms with van der Waals surface area (Å²) in [7, 11) is 2.04. The minimum atomic E-state index is 0.162. The van der Waals surface area contributed by atoms with Gasteiger partial charge in [0.1, 0.15) is 0 Å². The van der Waals surface area contributed by atoms with E-state index in [0.717, 1.165) is 44.9 Å². The van der Waals surface area contributed by atoms with Gasteiger partial charge in [0.2, 0.25) is 5.91 Å². The maximum Gasteiger partial charge on any atom is 0.234 e. The maximum atomic E-state index is 11.6. The summed E-state index contributed by atoms with van der Waals surface area (Å²) in [5, 5.41) is 6.32. The number of likely N-dealkylation sites (N-methyl/N-ethyl adjacent to an activating group) is 1. The Kier molecular flexibility index (Phi) is 7.21. The van der Waals surface area contributed by atoms with Crippen LogP contribution in [-0.2, 0) is 4.79 Å². The van der Waals surface area contributed by atoms with Gasteiger partial charge in [0, 0.05) is 13.1 Å². The first-order chi connectivity index (χ1) is 8.22. The highest BCUT2D eigenvalue weighted by atomic mass is 16.2. The minimum Gasteiger partial charge on any atom is -0.355 e. The molecule has 17 heavy (non-hydrogen) atoms. The van der Waals surface area contributed by atoms with E-state index in [-0.39, 0.29) is 5.91 Å². The van der Waals surface area contributed by atoms with E-state index in [4.69, 9.17) is 0 Å². The number of hydrogen-bond acceptors (Lipinski definition) is 3. The molecular weight excluding hydrogens is 214 g/mol. The Morgan fingerprint density at radius 3 is 2.76 bits per heavy atom. The third-order valence-electron chi connectivity index (χ3n) is 3.29. The zero-order valence-electron chi connectivity index (χ0n) is 11.3. The number of rotatable bonds is 7. The van der Waals surface area contributed by atoms with E-state index in [1.54, 1.807) is 0 Å². The second-order valence-corrected chi connectivity index (χ2v) is 5.09. The van der Waals surface area contributed by atoms with Gasteiger partial charge in [-0.1, -0.05) is 13.3 Å². The molecule has 0 spiro atoms. The van der Waals surface area contributed by atoms with Crippen molar-refractivity contribution in [3.05, 3.63) is 0 Å². The van der Waals surface area contributed by atoms with Crippen LogP contribution < -0.4 is 10.6 Å². The highest BCUT2D eigenvalue weighted by Crippen LogP contribution is 2.12. The molecule has 0 bridgehead atoms. The second kappa shape index (κ2) is 8.48. The molecule has 1 amide bonds. The second-order valence-electron chi connectivity index (χ2n) is 5.09. The van der Waals surface area contributed by atoms with Gasteiger partial charge >= 0.3 is 0 Å². The lowest BCUT2D eigenvalue weighted by Gasteiger charge is -2.27. The fraction of sp³-hybridized carbons (Fsp3) is 0.923. The summed E-state index contributed by atoms with van der Waals surface area (Å²) in [5.41, 5.74) is 0. The molecule has 1 aliphatic heterocycles. The van der Waals surface area contributed by atoms with Crippen molar-refractivity contribution >= 4 is 5.91 Å². The third-order valence-corrected chi connectivity index (χ3v) is 3.29. The van der Waals surface area contributed by atoms with Crippen LogP contribution in [0, 0.1) is 5.92 Å². The van der Waals surface area contributed by atoms with Crippen molar-refractivity contribution in [1.82, 2.24) is 15.5 Å². The van der Waals surface area contributed by atoms with Gasteiger partial charge in [-0.05, 0) is 45.3 Å². The van der Waals surface area contributed by atoms with Crippen molar-refractivity contribution in [2.45, 2.75) is 32.6 Å². The number of amides is 1. The quantitative estimate of drug-likeness (QED) is 0.649. The summed E-state index contributed by atoms with van der Waals surface area (Å²) in [5.74, 6) is 0.916. The van der Waals surface area contributed by atoms with E-state index in [0.29, 0.717) is 6.54 Å². The van der Waals surface area contributed by atoms with Gasteiger partial charge in [-0.3, -0.25) is 9.69 Å². The summed E-state index contributed by atoms with van der Waals surface area (Å²) in [6, 6.07) is 0. The van der Waals surface area contributed by atoms with E-state index >= 15 is 0 Å². The highest BCUT2D eigenvalue weighted by molar-refractivity contribution is 5.77. The van der Waals surface area contributed by atoms with Crippen LogP contribution in [0.25, 0.3) is 0 Å². The van der Waals surface area contributed by atoms with Crippen LogP contribution in [0.2, 0.25) is 0 Å². The molecule has 0 aromatic carbocycles. The predicted molar refractivity (Wildman–Crippen MR) is 71.0 cm³/mol. The largest absolute Gasteiger partial charge is 0.355 e. The molecule has 0 aromatic heterocycles. The molecule has 100 valence electrons. The number of carbonyl (C=O) groups excluding carboxylic acids is 1. The Hall–Kier alpha value is -0.610. The van der Waals surface area contributed by atoms with Gasteiger partial charge in [-0.15, -0.1) is 0 Å². The summed E-state index contributed by atoms with van der Waals surface area (Å²) >= 11 is 0. The Labute approximate surface area is 105 Å². The molecular formula is C13H27N3O. The highest BCUT2D eigenvalue weighted by Gasteiger charge is 2.16. The van der Waals surface area contributed by atoms with Crippen LogP contribution in [0.3, 0.4) is 0 Å². The predicted octanol–water partition coefficient (Wildman–Crippen LogP) is 0.834. The van der Waals surface area contributed by atoms with Crippen LogP contribution in [-0.4, -0.2) is 50.6 Å². The zero-order chi connectivity index (χ0) is 12.5. The summed E-state index contributed by atoms with van der Waals surface area (Å²) in [4.78, 5) is 13.8. The lowest BCUT2D eigenvalue weighted by molar-refractivity contribution is -0.122. The molecule has 1 heterocycles. The molecule has 0 aromatic rings. The fourth-order valence-electron chi connectivity index (χ4n) is 2.28. The molecule has 0 radical (unpaired) electrons. The van der Waals surface area contributed by atoms with Gasteiger partial charge in [0.05, 0.1) is 6.54 Å². The monoisotopic (exact) mass is 241 g/mol. The number of nitrogens with zero attached hydrogens (tertiary/aromatic N) is 1. The van der Waals surface area contributed by atoms with Crippen molar-refractivity contribution in [2.24, 2.45) is 5.92 Å². The van der Waals surface area contributed by atoms with Crippen molar-refractivity contribution in [2.75, 3.05) is 39.8 Å². The maximum absolute atomic E-state index is 11.6. The molecule has 1 fully saturated rings. The van der Waals surface area contributed by atoms with E-state index < -0.39 is 0 Å². The average molecular weight is 241 g/mol. The molecule has 1 aliphatic rings. The first kappa shape index (κ1) is 14.5. The van der Waals surface area contributed by atoms with E-state index in [2.05, 4.69) is 22.5 Å². The lowest BCUT2D eigenvalue weighted by atomic mass is 9.98.